The lowest BCUT2D eigenvalue weighted by molar-refractivity contribution is 0.0860. The first kappa shape index (κ1) is 13.2. The third-order valence-corrected chi connectivity index (χ3v) is 4.41. The average Bonchev–Trinajstić information content (AvgIpc) is 3.19. The maximum absolute atomic E-state index is 12.3. The van der Waals surface area contributed by atoms with E-state index in [9.17, 15) is 9.59 Å². The van der Waals surface area contributed by atoms with Gasteiger partial charge in [0.25, 0.3) is 5.91 Å². The van der Waals surface area contributed by atoms with Crippen molar-refractivity contribution in [2.45, 2.75) is 51.1 Å². The predicted octanol–water partition coefficient (Wildman–Crippen LogP) is 1.86. The Hall–Kier alpha value is -1.78. The largest absolute Gasteiger partial charge is 0.487 e. The minimum absolute atomic E-state index is 0.111. The van der Waals surface area contributed by atoms with Crippen LogP contribution in [0.1, 0.15) is 56.1 Å². The highest BCUT2D eigenvalue weighted by Gasteiger charge is 2.53. The zero-order valence-corrected chi connectivity index (χ0v) is 11.9. The van der Waals surface area contributed by atoms with Crippen LogP contribution in [0.15, 0.2) is 17.1 Å². The van der Waals surface area contributed by atoms with Crippen molar-refractivity contribution < 1.29 is 9.53 Å². The van der Waals surface area contributed by atoms with Crippen molar-refractivity contribution >= 4 is 5.91 Å². The van der Waals surface area contributed by atoms with Crippen molar-refractivity contribution in [1.29, 1.82) is 0 Å². The summed E-state index contributed by atoms with van der Waals surface area (Å²) in [5.74, 6) is 0.00518. The second-order valence-corrected chi connectivity index (χ2v) is 5.75. The Bertz CT molecular complexity index is 602. The molecule has 1 aromatic heterocycles. The maximum atomic E-state index is 12.3. The van der Waals surface area contributed by atoms with Gasteiger partial charge in [-0.2, -0.15) is 0 Å². The van der Waals surface area contributed by atoms with Gasteiger partial charge in [0.1, 0.15) is 0 Å². The van der Waals surface area contributed by atoms with Gasteiger partial charge < -0.3 is 14.6 Å². The highest BCUT2D eigenvalue weighted by atomic mass is 16.5. The molecule has 2 aliphatic rings. The van der Waals surface area contributed by atoms with E-state index < -0.39 is 0 Å². The summed E-state index contributed by atoms with van der Waals surface area (Å²) in [6.45, 7) is 4.61. The van der Waals surface area contributed by atoms with Crippen LogP contribution in [-0.4, -0.2) is 22.6 Å². The van der Waals surface area contributed by atoms with Gasteiger partial charge in [0.05, 0.1) is 18.2 Å². The number of nitrogens with zero attached hydrogens (tertiary/aromatic N) is 1. The molecule has 1 amide bonds. The number of rotatable bonds is 4. The second-order valence-electron chi connectivity index (χ2n) is 5.75. The SMILES string of the molecule is CCCCOc1c2n(ccc1=O)[C@@H](C)C1(CC1)NC2=O. The molecule has 1 N–H and O–H groups in total. The number of hydrogen-bond acceptors (Lipinski definition) is 3. The van der Waals surface area contributed by atoms with Crippen molar-refractivity contribution in [2.75, 3.05) is 6.61 Å². The number of unbranched alkanes of at least 4 members (excludes halogenated alkanes) is 1. The minimum Gasteiger partial charge on any atom is -0.487 e. The molecule has 1 aliphatic carbocycles. The fourth-order valence-electron chi connectivity index (χ4n) is 2.87. The standard InChI is InChI=1S/C15H20N2O3/c1-3-4-9-20-13-11(18)5-8-17-10(2)15(6-7-15)16-14(19)12(13)17/h5,8,10H,3-4,6-7,9H2,1-2H3,(H,16,19)/t10-/m0/s1. The summed E-state index contributed by atoms with van der Waals surface area (Å²) in [7, 11) is 0. The molecule has 0 aromatic carbocycles. The molecular formula is C15H20N2O3. The maximum Gasteiger partial charge on any atom is 0.272 e. The van der Waals surface area contributed by atoms with Gasteiger partial charge in [0.15, 0.2) is 11.4 Å². The number of aromatic nitrogens is 1. The summed E-state index contributed by atoms with van der Waals surface area (Å²) in [6, 6.07) is 1.65. The number of hydrogen-bond donors (Lipinski definition) is 1. The van der Waals surface area contributed by atoms with Gasteiger partial charge in [0.2, 0.25) is 5.43 Å². The summed E-state index contributed by atoms with van der Waals surface area (Å²) >= 11 is 0. The van der Waals surface area contributed by atoms with E-state index in [1.807, 2.05) is 4.57 Å². The molecule has 3 rings (SSSR count). The number of pyridine rings is 1. The predicted molar refractivity (Wildman–Crippen MR) is 75.2 cm³/mol. The van der Waals surface area contributed by atoms with Gasteiger partial charge in [-0.15, -0.1) is 0 Å². The second kappa shape index (κ2) is 4.65. The summed E-state index contributed by atoms with van der Waals surface area (Å²) in [5, 5.41) is 3.05. The monoisotopic (exact) mass is 276 g/mol. The van der Waals surface area contributed by atoms with Gasteiger partial charge in [-0.1, -0.05) is 13.3 Å². The average molecular weight is 276 g/mol. The van der Waals surface area contributed by atoms with Crippen molar-refractivity contribution in [3.63, 3.8) is 0 Å². The van der Waals surface area contributed by atoms with E-state index in [1.54, 1.807) is 6.20 Å². The molecule has 1 atom stereocenters. The van der Waals surface area contributed by atoms with Crippen molar-refractivity contribution in [3.05, 3.63) is 28.2 Å². The number of fused-ring (bicyclic) bond motifs is 1. The van der Waals surface area contributed by atoms with E-state index in [4.69, 9.17) is 4.74 Å². The van der Waals surface area contributed by atoms with Crippen LogP contribution in [0.3, 0.4) is 0 Å². The van der Waals surface area contributed by atoms with Crippen LogP contribution in [0, 0.1) is 0 Å². The Labute approximate surface area is 117 Å². The van der Waals surface area contributed by atoms with E-state index in [2.05, 4.69) is 19.2 Å². The lowest BCUT2D eigenvalue weighted by atomic mass is 10.0. The lowest BCUT2D eigenvalue weighted by Crippen LogP contribution is -2.49. The summed E-state index contributed by atoms with van der Waals surface area (Å²) in [4.78, 5) is 24.3. The molecule has 0 bridgehead atoms. The number of carbonyl (C=O) groups is 1. The van der Waals surface area contributed by atoms with Crippen LogP contribution in [-0.2, 0) is 0 Å². The smallest absolute Gasteiger partial charge is 0.272 e. The van der Waals surface area contributed by atoms with Gasteiger partial charge in [0, 0.05) is 12.3 Å². The number of ether oxygens (including phenoxy) is 1. The molecular weight excluding hydrogens is 256 g/mol. The summed E-state index contributed by atoms with van der Waals surface area (Å²) < 4.78 is 7.49. The van der Waals surface area contributed by atoms with E-state index in [0.29, 0.717) is 12.3 Å². The molecule has 1 fully saturated rings. The summed E-state index contributed by atoms with van der Waals surface area (Å²) in [6.07, 6.45) is 5.57. The van der Waals surface area contributed by atoms with Crippen LogP contribution in [0.25, 0.3) is 0 Å². The summed E-state index contributed by atoms with van der Waals surface area (Å²) in [5.41, 5.74) is 0.0416. The highest BCUT2D eigenvalue weighted by molar-refractivity contribution is 5.97. The van der Waals surface area contributed by atoms with Gasteiger partial charge >= 0.3 is 0 Å². The van der Waals surface area contributed by atoms with Crippen LogP contribution < -0.4 is 15.5 Å². The highest BCUT2D eigenvalue weighted by Crippen LogP contribution is 2.47. The fourth-order valence-corrected chi connectivity index (χ4v) is 2.87. The van der Waals surface area contributed by atoms with Crippen molar-refractivity contribution in [2.24, 2.45) is 0 Å². The van der Waals surface area contributed by atoms with E-state index in [1.165, 1.54) is 6.07 Å². The molecule has 2 heterocycles. The minimum atomic E-state index is -0.221. The quantitative estimate of drug-likeness (QED) is 0.854. The third kappa shape index (κ3) is 1.92. The van der Waals surface area contributed by atoms with E-state index >= 15 is 0 Å². The van der Waals surface area contributed by atoms with Gasteiger partial charge in [-0.3, -0.25) is 9.59 Å². The van der Waals surface area contributed by atoms with E-state index in [-0.39, 0.29) is 28.7 Å². The van der Waals surface area contributed by atoms with Crippen molar-refractivity contribution in [3.8, 4) is 5.75 Å². The van der Waals surface area contributed by atoms with Crippen LogP contribution in [0.5, 0.6) is 5.75 Å². The van der Waals surface area contributed by atoms with Crippen molar-refractivity contribution in [1.82, 2.24) is 9.88 Å². The fraction of sp³-hybridized carbons (Fsp3) is 0.600. The molecule has 0 saturated heterocycles. The lowest BCUT2D eigenvalue weighted by Gasteiger charge is -2.34. The Morgan fingerprint density at radius 2 is 2.20 bits per heavy atom. The third-order valence-electron chi connectivity index (χ3n) is 4.41. The van der Waals surface area contributed by atoms with E-state index in [0.717, 1.165) is 25.7 Å². The number of carbonyl (C=O) groups excluding carboxylic acids is 1. The molecule has 1 saturated carbocycles. The molecule has 20 heavy (non-hydrogen) atoms. The Balaban J connectivity index is 2.02. The molecule has 5 heteroatoms. The Morgan fingerprint density at radius 3 is 2.85 bits per heavy atom. The Kier molecular flexibility index (Phi) is 3.07. The van der Waals surface area contributed by atoms with Crippen LogP contribution in [0.4, 0.5) is 0 Å². The zero-order valence-electron chi connectivity index (χ0n) is 11.9. The topological polar surface area (TPSA) is 60.3 Å². The molecule has 0 radical (unpaired) electrons. The van der Waals surface area contributed by atoms with Crippen LogP contribution >= 0.6 is 0 Å². The molecule has 1 spiro atoms. The number of amides is 1. The molecule has 1 aliphatic heterocycles. The first-order chi connectivity index (χ1) is 9.59. The van der Waals surface area contributed by atoms with Crippen LogP contribution in [0.2, 0.25) is 0 Å². The molecule has 1 aromatic rings. The number of nitrogens with one attached hydrogen (secondary N) is 1. The van der Waals surface area contributed by atoms with Gasteiger partial charge in [-0.05, 0) is 26.2 Å². The first-order valence-electron chi connectivity index (χ1n) is 7.29. The Morgan fingerprint density at radius 1 is 1.45 bits per heavy atom. The first-order valence-corrected chi connectivity index (χ1v) is 7.29. The normalized spacial score (nSPS) is 22.3. The zero-order chi connectivity index (χ0) is 14.3. The molecule has 108 valence electrons. The van der Waals surface area contributed by atoms with Gasteiger partial charge in [-0.25, -0.2) is 0 Å². The molecule has 0 unspecified atom stereocenters. The molecule has 5 nitrogen and oxygen atoms in total.